The maximum atomic E-state index is 13.7. The minimum Gasteiger partial charge on any atom is -0.487 e. The van der Waals surface area contributed by atoms with Gasteiger partial charge in [0.2, 0.25) is 0 Å². The van der Waals surface area contributed by atoms with Gasteiger partial charge >= 0.3 is 5.69 Å². The van der Waals surface area contributed by atoms with Crippen molar-refractivity contribution in [3.05, 3.63) is 75.7 Å². The normalized spacial score (nSPS) is 10.4. The molecule has 0 bridgehead atoms. The van der Waals surface area contributed by atoms with E-state index < -0.39 is 11.5 Å². The molecule has 0 amide bonds. The molecular weight excluding hydrogens is 313 g/mol. The van der Waals surface area contributed by atoms with Crippen molar-refractivity contribution in [3.63, 3.8) is 0 Å². The van der Waals surface area contributed by atoms with Gasteiger partial charge < -0.3 is 4.74 Å². The first kappa shape index (κ1) is 15.4. The predicted molar refractivity (Wildman–Crippen MR) is 83.6 cm³/mol. The van der Waals surface area contributed by atoms with E-state index in [0.29, 0.717) is 16.9 Å². The highest BCUT2D eigenvalue weighted by Gasteiger charge is 2.15. The molecule has 2 aromatic carbocycles. The van der Waals surface area contributed by atoms with Crippen molar-refractivity contribution in [3.8, 4) is 11.4 Å². The molecule has 0 radical (unpaired) electrons. The van der Waals surface area contributed by atoms with Gasteiger partial charge in [-0.25, -0.2) is 14.0 Å². The van der Waals surface area contributed by atoms with E-state index in [-0.39, 0.29) is 12.4 Å². The molecule has 1 heterocycles. The lowest BCUT2D eigenvalue weighted by Gasteiger charge is -2.12. The fourth-order valence-electron chi connectivity index (χ4n) is 2.19. The van der Waals surface area contributed by atoms with Crippen LogP contribution in [-0.4, -0.2) is 19.8 Å². The van der Waals surface area contributed by atoms with Gasteiger partial charge in [0.05, 0.1) is 12.3 Å². The van der Waals surface area contributed by atoms with E-state index >= 15 is 0 Å². The Labute approximate surface area is 136 Å². The second kappa shape index (κ2) is 6.34. The van der Waals surface area contributed by atoms with E-state index in [9.17, 15) is 9.18 Å². The molecule has 0 fully saturated rings. The largest absolute Gasteiger partial charge is 0.487 e. The minimum absolute atomic E-state index is 0.0646. The van der Waals surface area contributed by atoms with Crippen LogP contribution >= 0.6 is 0 Å². The van der Waals surface area contributed by atoms with E-state index in [1.165, 1.54) is 19.2 Å². The Hall–Kier alpha value is -3.47. The first-order chi connectivity index (χ1) is 11.6. The molecule has 1 aromatic heterocycles. The van der Waals surface area contributed by atoms with Gasteiger partial charge in [0.25, 0.3) is 0 Å². The van der Waals surface area contributed by atoms with Crippen molar-refractivity contribution in [2.45, 2.75) is 6.61 Å². The summed E-state index contributed by atoms with van der Waals surface area (Å²) in [5.74, 6) is -0.439. The third-order valence-electron chi connectivity index (χ3n) is 3.41. The summed E-state index contributed by atoms with van der Waals surface area (Å²) in [6.45, 7) is 7.21. The minimum atomic E-state index is -0.504. The molecule has 0 N–H and O–H groups in total. The number of halogens is 1. The first-order valence-electron chi connectivity index (χ1n) is 6.98. The molecule has 0 saturated heterocycles. The molecule has 0 aliphatic carbocycles. The van der Waals surface area contributed by atoms with E-state index in [0.717, 1.165) is 9.36 Å². The molecule has 0 atom stereocenters. The number of nitrogens with zero attached hydrogens (tertiary/aromatic N) is 5. The summed E-state index contributed by atoms with van der Waals surface area (Å²) in [5, 5.41) is 7.44. The summed E-state index contributed by atoms with van der Waals surface area (Å²) < 4.78 is 21.3. The summed E-state index contributed by atoms with van der Waals surface area (Å²) in [6.07, 6.45) is 0. The SMILES string of the molecule is [C-]#[N+]c1cccc(-n2nnn(C)c2=O)c1COc1ccccc1F. The lowest BCUT2D eigenvalue weighted by molar-refractivity contribution is 0.290. The number of aryl methyl sites for hydroxylation is 1. The number of tetrazole rings is 1. The number of rotatable bonds is 4. The summed E-state index contributed by atoms with van der Waals surface area (Å²) in [4.78, 5) is 15.5. The molecule has 0 unspecified atom stereocenters. The molecule has 120 valence electrons. The molecule has 3 aromatic rings. The monoisotopic (exact) mass is 325 g/mol. The number of para-hydroxylation sites is 1. The molecule has 0 saturated carbocycles. The summed E-state index contributed by atoms with van der Waals surface area (Å²) in [7, 11) is 1.47. The number of hydrogen-bond donors (Lipinski definition) is 0. The van der Waals surface area contributed by atoms with Crippen LogP contribution in [0.1, 0.15) is 5.56 Å². The van der Waals surface area contributed by atoms with E-state index in [1.807, 2.05) is 0 Å². The van der Waals surface area contributed by atoms with Crippen LogP contribution < -0.4 is 10.4 Å². The molecule has 24 heavy (non-hydrogen) atoms. The number of ether oxygens (including phenoxy) is 1. The second-order valence-corrected chi connectivity index (χ2v) is 4.90. The average Bonchev–Trinajstić information content (AvgIpc) is 2.93. The predicted octanol–water partition coefficient (Wildman–Crippen LogP) is 2.23. The summed E-state index contributed by atoms with van der Waals surface area (Å²) >= 11 is 0. The third-order valence-corrected chi connectivity index (χ3v) is 3.41. The summed E-state index contributed by atoms with van der Waals surface area (Å²) in [5.41, 5.74) is 0.641. The van der Waals surface area contributed by atoms with Crippen LogP contribution in [0.15, 0.2) is 47.3 Å². The van der Waals surface area contributed by atoms with Gasteiger partial charge in [-0.3, -0.25) is 0 Å². The molecule has 7 nitrogen and oxygen atoms in total. The first-order valence-corrected chi connectivity index (χ1v) is 6.98. The van der Waals surface area contributed by atoms with Crippen LogP contribution in [0, 0.1) is 12.4 Å². The van der Waals surface area contributed by atoms with Gasteiger partial charge in [-0.1, -0.05) is 24.3 Å². The molecule has 3 rings (SSSR count). The Balaban J connectivity index is 2.03. The third kappa shape index (κ3) is 2.75. The molecular formula is C16H12FN5O2. The Morgan fingerprint density at radius 1 is 1.21 bits per heavy atom. The summed E-state index contributed by atoms with van der Waals surface area (Å²) in [6, 6.07) is 10.8. The maximum absolute atomic E-state index is 13.7. The fraction of sp³-hybridized carbons (Fsp3) is 0.125. The molecule has 8 heteroatoms. The number of hydrogen-bond acceptors (Lipinski definition) is 4. The zero-order chi connectivity index (χ0) is 17.1. The van der Waals surface area contributed by atoms with Crippen LogP contribution in [0.3, 0.4) is 0 Å². The van der Waals surface area contributed by atoms with Crippen molar-refractivity contribution in [1.82, 2.24) is 19.8 Å². The van der Waals surface area contributed by atoms with Crippen molar-refractivity contribution >= 4 is 5.69 Å². The maximum Gasteiger partial charge on any atom is 0.368 e. The Bertz CT molecular complexity index is 987. The van der Waals surface area contributed by atoms with Crippen LogP contribution in [-0.2, 0) is 13.7 Å². The van der Waals surface area contributed by atoms with Crippen LogP contribution in [0.4, 0.5) is 10.1 Å². The van der Waals surface area contributed by atoms with Crippen LogP contribution in [0.25, 0.3) is 10.5 Å². The van der Waals surface area contributed by atoms with Gasteiger partial charge in [-0.2, -0.15) is 9.36 Å². The topological polar surface area (TPSA) is 66.3 Å². The van der Waals surface area contributed by atoms with Crippen molar-refractivity contribution in [2.24, 2.45) is 7.05 Å². The zero-order valence-corrected chi connectivity index (χ0v) is 12.7. The van der Waals surface area contributed by atoms with E-state index in [1.54, 1.807) is 30.3 Å². The van der Waals surface area contributed by atoms with Gasteiger partial charge in [0.15, 0.2) is 17.3 Å². The van der Waals surface area contributed by atoms with E-state index in [2.05, 4.69) is 15.3 Å². The zero-order valence-electron chi connectivity index (χ0n) is 12.7. The van der Waals surface area contributed by atoms with Gasteiger partial charge in [-0.05, 0) is 28.6 Å². The second-order valence-electron chi connectivity index (χ2n) is 4.90. The number of benzene rings is 2. The van der Waals surface area contributed by atoms with Crippen LogP contribution in [0.5, 0.6) is 5.75 Å². The highest BCUT2D eigenvalue weighted by atomic mass is 19.1. The lowest BCUT2D eigenvalue weighted by Crippen LogP contribution is -2.23. The quantitative estimate of drug-likeness (QED) is 0.690. The highest BCUT2D eigenvalue weighted by Crippen LogP contribution is 2.27. The smallest absolute Gasteiger partial charge is 0.368 e. The molecule has 0 aliphatic heterocycles. The van der Waals surface area contributed by atoms with Crippen molar-refractivity contribution in [1.29, 1.82) is 0 Å². The average molecular weight is 325 g/mol. The number of aromatic nitrogens is 4. The standard InChI is InChI=1S/C16H12FN5O2/c1-18-13-7-5-8-14(22-16(23)21(2)19-20-22)11(13)10-24-15-9-4-3-6-12(15)17/h3-9H,10H2,2H3. The van der Waals surface area contributed by atoms with Crippen molar-refractivity contribution in [2.75, 3.05) is 0 Å². The Morgan fingerprint density at radius 3 is 2.67 bits per heavy atom. The van der Waals surface area contributed by atoms with Crippen LogP contribution in [0.2, 0.25) is 0 Å². The highest BCUT2D eigenvalue weighted by molar-refractivity contribution is 5.60. The van der Waals surface area contributed by atoms with E-state index in [4.69, 9.17) is 11.3 Å². The Kier molecular flexibility index (Phi) is 4.07. The molecule has 0 spiro atoms. The van der Waals surface area contributed by atoms with Gasteiger partial charge in [0.1, 0.15) is 6.61 Å². The fourth-order valence-corrected chi connectivity index (χ4v) is 2.19. The molecule has 0 aliphatic rings. The van der Waals surface area contributed by atoms with Crippen molar-refractivity contribution < 1.29 is 9.13 Å². The lowest BCUT2D eigenvalue weighted by atomic mass is 10.1. The van der Waals surface area contributed by atoms with Gasteiger partial charge in [0, 0.05) is 12.6 Å². The van der Waals surface area contributed by atoms with Gasteiger partial charge in [-0.15, -0.1) is 0 Å². The Morgan fingerprint density at radius 2 is 2.00 bits per heavy atom.